The van der Waals surface area contributed by atoms with Crippen LogP contribution in [-0.4, -0.2) is 68.7 Å². The number of nitrogens with two attached hydrogens (primary N) is 3. The van der Waals surface area contributed by atoms with E-state index >= 15 is 0 Å². The number of hydrogen-bond donors (Lipinski definition) is 9. The Morgan fingerprint density at radius 2 is 0.850 bits per heavy atom. The predicted molar refractivity (Wildman–Crippen MR) is 66.0 cm³/mol. The van der Waals surface area contributed by atoms with Gasteiger partial charge in [-0.3, -0.25) is 0 Å². The minimum absolute atomic E-state index is 0.181. The van der Waals surface area contributed by atoms with Gasteiger partial charge in [-0.1, -0.05) is 6.92 Å². The lowest BCUT2D eigenvalue weighted by Crippen LogP contribution is -2.29. The molecule has 0 rings (SSSR count). The number of amides is 3. The molecule has 0 saturated heterocycles. The number of carbonyl (C=O) groups is 3. The SMILES string of the molecule is CC(CO)(CO)CO.NC(=O)O.NC(=O)O.NC(=O)O. The van der Waals surface area contributed by atoms with Crippen molar-refractivity contribution in [2.75, 3.05) is 19.8 Å². The fraction of sp³-hybridized carbons (Fsp3) is 0.625. The van der Waals surface area contributed by atoms with Gasteiger partial charge in [-0.2, -0.15) is 0 Å². The first-order valence-corrected chi connectivity index (χ1v) is 4.66. The second kappa shape index (κ2) is 16.7. The number of hydrogen-bond acceptors (Lipinski definition) is 6. The lowest BCUT2D eigenvalue weighted by Gasteiger charge is -2.20. The number of primary amides is 3. The number of carboxylic acid groups (broad SMARTS) is 3. The van der Waals surface area contributed by atoms with Gasteiger partial charge in [0.15, 0.2) is 0 Å². The van der Waals surface area contributed by atoms with Gasteiger partial charge in [0.2, 0.25) is 0 Å². The molecule has 3 amide bonds. The molecule has 0 unspecified atom stereocenters. The van der Waals surface area contributed by atoms with E-state index in [9.17, 15) is 0 Å². The predicted octanol–water partition coefficient (Wildman–Crippen LogP) is -2.16. The molecule has 20 heavy (non-hydrogen) atoms. The Hall–Kier alpha value is -2.31. The van der Waals surface area contributed by atoms with E-state index in [1.54, 1.807) is 6.92 Å². The third-order valence-electron chi connectivity index (χ3n) is 1.15. The van der Waals surface area contributed by atoms with Crippen molar-refractivity contribution in [1.29, 1.82) is 0 Å². The van der Waals surface area contributed by atoms with Gasteiger partial charge in [0.05, 0.1) is 19.8 Å². The summed E-state index contributed by atoms with van der Waals surface area (Å²) in [5.41, 5.74) is 11.4. The standard InChI is InChI=1S/C5H12O3.3CH3NO2/c1-5(2-6,3-7)4-8;3*2-1(3)4/h6-8H,2-4H2,1H3;3*2H2,(H,3,4). The van der Waals surface area contributed by atoms with Crippen LogP contribution < -0.4 is 17.2 Å². The zero-order valence-electron chi connectivity index (χ0n) is 10.8. The fourth-order valence-electron chi connectivity index (χ4n) is 0.150. The summed E-state index contributed by atoms with van der Waals surface area (Å²) < 4.78 is 0. The molecule has 0 bridgehead atoms. The highest BCUT2D eigenvalue weighted by Gasteiger charge is 2.20. The average Bonchev–Trinajstić information content (AvgIpc) is 2.26. The maximum Gasteiger partial charge on any atom is 0.402 e. The first-order valence-electron chi connectivity index (χ1n) is 4.66. The molecule has 0 aromatic carbocycles. The van der Waals surface area contributed by atoms with Crippen LogP contribution in [0.2, 0.25) is 0 Å². The first-order chi connectivity index (χ1) is 8.88. The van der Waals surface area contributed by atoms with Crippen molar-refractivity contribution < 1.29 is 45.0 Å². The van der Waals surface area contributed by atoms with Crippen LogP contribution in [0.15, 0.2) is 0 Å². The number of aliphatic hydroxyl groups excluding tert-OH is 3. The number of rotatable bonds is 3. The second-order valence-electron chi connectivity index (χ2n) is 3.30. The highest BCUT2D eigenvalue weighted by atomic mass is 16.4. The molecule has 0 aliphatic heterocycles. The second-order valence-corrected chi connectivity index (χ2v) is 3.30. The molecule has 0 aliphatic carbocycles. The van der Waals surface area contributed by atoms with Crippen LogP contribution in [0.3, 0.4) is 0 Å². The normalized spacial score (nSPS) is 8.40. The van der Waals surface area contributed by atoms with Crippen molar-refractivity contribution in [1.82, 2.24) is 0 Å². The summed E-state index contributed by atoms with van der Waals surface area (Å²) in [5, 5.41) is 47.0. The summed E-state index contributed by atoms with van der Waals surface area (Å²) in [6.07, 6.45) is -4.00. The van der Waals surface area contributed by atoms with E-state index in [0.29, 0.717) is 0 Å². The minimum atomic E-state index is -1.33. The Balaban J connectivity index is -0.0000000917. The fourth-order valence-corrected chi connectivity index (χ4v) is 0.150. The van der Waals surface area contributed by atoms with E-state index in [1.165, 1.54) is 0 Å². The molecule has 0 atom stereocenters. The molecule has 0 heterocycles. The molecule has 0 aromatic rings. The number of aliphatic hydroxyl groups is 3. The molecular formula is C8H21N3O9. The van der Waals surface area contributed by atoms with Gasteiger partial charge >= 0.3 is 18.3 Å². The van der Waals surface area contributed by atoms with E-state index in [-0.39, 0.29) is 19.8 Å². The highest BCUT2D eigenvalue weighted by molar-refractivity contribution is 5.62. The summed E-state index contributed by atoms with van der Waals surface area (Å²) in [7, 11) is 0. The minimum Gasteiger partial charge on any atom is -0.465 e. The van der Waals surface area contributed by atoms with Crippen LogP contribution in [0.25, 0.3) is 0 Å². The molecule has 0 saturated carbocycles. The Morgan fingerprint density at radius 1 is 0.750 bits per heavy atom. The Bertz CT molecular complexity index is 219. The lowest BCUT2D eigenvalue weighted by molar-refractivity contribution is 0.0200. The van der Waals surface area contributed by atoms with Gasteiger partial charge in [-0.05, 0) is 0 Å². The average molecular weight is 303 g/mol. The lowest BCUT2D eigenvalue weighted by atomic mass is 9.95. The van der Waals surface area contributed by atoms with Crippen LogP contribution in [0.5, 0.6) is 0 Å². The van der Waals surface area contributed by atoms with Crippen LogP contribution in [0, 0.1) is 5.41 Å². The molecule has 0 spiro atoms. The third-order valence-corrected chi connectivity index (χ3v) is 1.15. The van der Waals surface area contributed by atoms with Crippen LogP contribution in [-0.2, 0) is 0 Å². The van der Waals surface area contributed by atoms with Gasteiger partial charge < -0.3 is 47.8 Å². The molecule has 12 N–H and O–H groups in total. The summed E-state index contributed by atoms with van der Waals surface area (Å²) in [6.45, 7) is 1.06. The van der Waals surface area contributed by atoms with Gasteiger partial charge in [0.1, 0.15) is 0 Å². The first kappa shape index (κ1) is 26.3. The quantitative estimate of drug-likeness (QED) is 0.274. The van der Waals surface area contributed by atoms with Crippen molar-refractivity contribution in [3.8, 4) is 0 Å². The monoisotopic (exact) mass is 303 g/mol. The van der Waals surface area contributed by atoms with Gasteiger partial charge in [-0.15, -0.1) is 0 Å². The highest BCUT2D eigenvalue weighted by Crippen LogP contribution is 2.10. The Kier molecular flexibility index (Phi) is 21.9. The topological polar surface area (TPSA) is 251 Å². The van der Waals surface area contributed by atoms with Crippen LogP contribution >= 0.6 is 0 Å². The van der Waals surface area contributed by atoms with Gasteiger partial charge in [0.25, 0.3) is 0 Å². The molecule has 122 valence electrons. The largest absolute Gasteiger partial charge is 0.465 e. The maximum absolute atomic E-state index is 8.78. The van der Waals surface area contributed by atoms with E-state index in [1.807, 2.05) is 0 Å². The summed E-state index contributed by atoms with van der Waals surface area (Å²) in [5.74, 6) is 0. The third kappa shape index (κ3) is 75.7. The van der Waals surface area contributed by atoms with E-state index < -0.39 is 23.7 Å². The molecule has 0 fully saturated rings. The maximum atomic E-state index is 8.78. The molecule has 12 heteroatoms. The zero-order chi connectivity index (χ0) is 17.4. The van der Waals surface area contributed by atoms with E-state index in [2.05, 4.69) is 17.2 Å². The molecule has 0 aliphatic rings. The van der Waals surface area contributed by atoms with E-state index in [4.69, 9.17) is 45.0 Å². The van der Waals surface area contributed by atoms with Crippen LogP contribution in [0.4, 0.5) is 14.4 Å². The van der Waals surface area contributed by atoms with Crippen molar-refractivity contribution in [3.05, 3.63) is 0 Å². The summed E-state index contributed by atoms with van der Waals surface area (Å²) in [4.78, 5) is 26.3. The summed E-state index contributed by atoms with van der Waals surface area (Å²) >= 11 is 0. The van der Waals surface area contributed by atoms with Gasteiger partial charge in [0, 0.05) is 5.41 Å². The summed E-state index contributed by atoms with van der Waals surface area (Å²) in [6, 6.07) is 0. The zero-order valence-corrected chi connectivity index (χ0v) is 10.8. The Morgan fingerprint density at radius 3 is 0.850 bits per heavy atom. The van der Waals surface area contributed by atoms with Crippen LogP contribution in [0.1, 0.15) is 6.92 Å². The van der Waals surface area contributed by atoms with E-state index in [0.717, 1.165) is 0 Å². The molecule has 12 nitrogen and oxygen atoms in total. The van der Waals surface area contributed by atoms with Gasteiger partial charge in [-0.25, -0.2) is 14.4 Å². The van der Waals surface area contributed by atoms with Crippen molar-refractivity contribution in [2.45, 2.75) is 6.92 Å². The molecule has 0 radical (unpaired) electrons. The smallest absolute Gasteiger partial charge is 0.402 e. The molecule has 0 aromatic heterocycles. The Labute approximate surface area is 114 Å². The van der Waals surface area contributed by atoms with Crippen molar-refractivity contribution in [2.24, 2.45) is 22.6 Å². The van der Waals surface area contributed by atoms with Crippen molar-refractivity contribution in [3.63, 3.8) is 0 Å². The van der Waals surface area contributed by atoms with Crippen molar-refractivity contribution >= 4 is 18.3 Å². The molecular weight excluding hydrogens is 282 g/mol.